The van der Waals surface area contributed by atoms with Gasteiger partial charge in [-0.1, -0.05) is 29.3 Å². The number of carbonyl (C=O) groups is 1. The molecule has 0 bridgehead atoms. The SMILES string of the molecule is COc1ccc(NC(=O)CCNc2cccc(Cl)c2)cc1Cl. The van der Waals surface area contributed by atoms with Gasteiger partial charge >= 0.3 is 0 Å². The molecule has 0 aromatic heterocycles. The van der Waals surface area contributed by atoms with Gasteiger partial charge in [-0.25, -0.2) is 0 Å². The van der Waals surface area contributed by atoms with Crippen molar-refractivity contribution in [2.45, 2.75) is 6.42 Å². The lowest BCUT2D eigenvalue weighted by Crippen LogP contribution is -2.16. The van der Waals surface area contributed by atoms with Crippen LogP contribution in [-0.4, -0.2) is 19.6 Å². The summed E-state index contributed by atoms with van der Waals surface area (Å²) in [6, 6.07) is 12.5. The molecule has 6 heteroatoms. The molecule has 1 amide bonds. The minimum atomic E-state index is -0.101. The third-order valence-corrected chi connectivity index (χ3v) is 3.47. The maximum absolute atomic E-state index is 11.9. The van der Waals surface area contributed by atoms with Gasteiger partial charge in [-0.3, -0.25) is 4.79 Å². The van der Waals surface area contributed by atoms with Crippen LogP contribution in [0.4, 0.5) is 11.4 Å². The highest BCUT2D eigenvalue weighted by molar-refractivity contribution is 6.32. The molecule has 0 aliphatic heterocycles. The number of nitrogens with one attached hydrogen (secondary N) is 2. The molecule has 0 unspecified atom stereocenters. The van der Waals surface area contributed by atoms with Crippen LogP contribution in [0.15, 0.2) is 42.5 Å². The molecule has 0 saturated carbocycles. The molecule has 22 heavy (non-hydrogen) atoms. The van der Waals surface area contributed by atoms with Gasteiger partial charge in [0.15, 0.2) is 0 Å². The van der Waals surface area contributed by atoms with Crippen LogP contribution in [0.25, 0.3) is 0 Å². The van der Waals surface area contributed by atoms with E-state index >= 15 is 0 Å². The maximum atomic E-state index is 11.9. The summed E-state index contributed by atoms with van der Waals surface area (Å²) in [5.41, 5.74) is 1.52. The van der Waals surface area contributed by atoms with Gasteiger partial charge in [0.25, 0.3) is 0 Å². The van der Waals surface area contributed by atoms with Crippen LogP contribution in [0.3, 0.4) is 0 Å². The van der Waals surface area contributed by atoms with Crippen LogP contribution in [0.2, 0.25) is 10.0 Å². The third kappa shape index (κ3) is 4.83. The first-order valence-electron chi connectivity index (χ1n) is 6.71. The molecule has 2 rings (SSSR count). The molecular weight excluding hydrogens is 323 g/mol. The number of hydrogen-bond acceptors (Lipinski definition) is 3. The van der Waals surface area contributed by atoms with Crippen LogP contribution < -0.4 is 15.4 Å². The quantitative estimate of drug-likeness (QED) is 0.818. The van der Waals surface area contributed by atoms with Crippen LogP contribution in [0.5, 0.6) is 5.75 Å². The van der Waals surface area contributed by atoms with Gasteiger partial charge < -0.3 is 15.4 Å². The maximum Gasteiger partial charge on any atom is 0.226 e. The lowest BCUT2D eigenvalue weighted by molar-refractivity contribution is -0.115. The molecule has 4 nitrogen and oxygen atoms in total. The topological polar surface area (TPSA) is 50.4 Å². The summed E-state index contributed by atoms with van der Waals surface area (Å²) in [6.07, 6.45) is 0.330. The Balaban J connectivity index is 1.82. The monoisotopic (exact) mass is 338 g/mol. The molecule has 0 radical (unpaired) electrons. The van der Waals surface area contributed by atoms with E-state index in [0.717, 1.165) is 5.69 Å². The fourth-order valence-corrected chi connectivity index (χ4v) is 2.33. The van der Waals surface area contributed by atoms with E-state index in [1.807, 2.05) is 18.2 Å². The van der Waals surface area contributed by atoms with Gasteiger partial charge in [0.05, 0.1) is 12.1 Å². The normalized spacial score (nSPS) is 10.1. The summed E-state index contributed by atoms with van der Waals surface area (Å²) < 4.78 is 5.06. The molecule has 0 heterocycles. The number of methoxy groups -OCH3 is 1. The van der Waals surface area contributed by atoms with E-state index in [9.17, 15) is 4.79 Å². The average molecular weight is 339 g/mol. The first kappa shape index (κ1) is 16.5. The fraction of sp³-hybridized carbons (Fsp3) is 0.188. The Morgan fingerprint density at radius 3 is 2.64 bits per heavy atom. The molecular formula is C16H16Cl2N2O2. The third-order valence-electron chi connectivity index (χ3n) is 2.94. The van der Waals surface area contributed by atoms with Crippen molar-refractivity contribution in [2.75, 3.05) is 24.3 Å². The standard InChI is InChI=1S/C16H16Cl2N2O2/c1-22-15-6-5-13(10-14(15)18)20-16(21)7-8-19-12-4-2-3-11(17)9-12/h2-6,9-10,19H,7-8H2,1H3,(H,20,21). The number of rotatable bonds is 6. The van der Waals surface area contributed by atoms with E-state index in [1.165, 1.54) is 0 Å². The first-order chi connectivity index (χ1) is 10.6. The zero-order chi connectivity index (χ0) is 15.9. The van der Waals surface area contributed by atoms with E-state index < -0.39 is 0 Å². The number of carbonyl (C=O) groups excluding carboxylic acids is 1. The van der Waals surface area contributed by atoms with Crippen LogP contribution in [0, 0.1) is 0 Å². The Bertz CT molecular complexity index is 662. The second-order valence-corrected chi connectivity index (χ2v) is 5.43. The molecule has 0 atom stereocenters. The first-order valence-corrected chi connectivity index (χ1v) is 7.47. The molecule has 116 valence electrons. The Labute approximate surface area is 139 Å². The van der Waals surface area contributed by atoms with Crippen molar-refractivity contribution in [3.8, 4) is 5.75 Å². The van der Waals surface area contributed by atoms with Gasteiger partial charge in [0, 0.05) is 29.4 Å². The van der Waals surface area contributed by atoms with E-state index in [4.69, 9.17) is 27.9 Å². The van der Waals surface area contributed by atoms with Gasteiger partial charge in [0.1, 0.15) is 5.75 Å². The lowest BCUT2D eigenvalue weighted by atomic mass is 10.2. The fourth-order valence-electron chi connectivity index (χ4n) is 1.89. The Morgan fingerprint density at radius 2 is 1.95 bits per heavy atom. The van der Waals surface area contributed by atoms with E-state index in [2.05, 4.69) is 10.6 Å². The van der Waals surface area contributed by atoms with E-state index in [0.29, 0.717) is 34.4 Å². The predicted molar refractivity (Wildman–Crippen MR) is 91.2 cm³/mol. The predicted octanol–water partition coefficient (Wildman–Crippen LogP) is 4.44. The van der Waals surface area contributed by atoms with Crippen LogP contribution in [-0.2, 0) is 4.79 Å². The summed E-state index contributed by atoms with van der Waals surface area (Å²) in [5.74, 6) is 0.470. The summed E-state index contributed by atoms with van der Waals surface area (Å²) in [5, 5.41) is 7.04. The summed E-state index contributed by atoms with van der Waals surface area (Å²) in [7, 11) is 1.54. The Morgan fingerprint density at radius 1 is 1.14 bits per heavy atom. The summed E-state index contributed by atoms with van der Waals surface area (Å²) >= 11 is 11.9. The zero-order valence-electron chi connectivity index (χ0n) is 12.0. The Hall–Kier alpha value is -1.91. The number of ether oxygens (including phenoxy) is 1. The van der Waals surface area contributed by atoms with Crippen molar-refractivity contribution in [3.63, 3.8) is 0 Å². The van der Waals surface area contributed by atoms with Crippen molar-refractivity contribution in [1.29, 1.82) is 0 Å². The van der Waals surface area contributed by atoms with Crippen molar-refractivity contribution in [1.82, 2.24) is 0 Å². The minimum Gasteiger partial charge on any atom is -0.495 e. The van der Waals surface area contributed by atoms with Gasteiger partial charge in [-0.05, 0) is 36.4 Å². The largest absolute Gasteiger partial charge is 0.495 e. The summed E-state index contributed by atoms with van der Waals surface area (Å²) in [4.78, 5) is 11.9. The number of amides is 1. The number of hydrogen-bond donors (Lipinski definition) is 2. The van der Waals surface area contributed by atoms with Crippen molar-refractivity contribution in [3.05, 3.63) is 52.5 Å². The molecule has 0 aliphatic rings. The van der Waals surface area contributed by atoms with Gasteiger partial charge in [-0.15, -0.1) is 0 Å². The van der Waals surface area contributed by atoms with Crippen molar-refractivity contribution >= 4 is 40.5 Å². The minimum absolute atomic E-state index is 0.101. The van der Waals surface area contributed by atoms with E-state index in [1.54, 1.807) is 31.4 Å². The number of halogens is 2. The van der Waals surface area contributed by atoms with Crippen LogP contribution in [0.1, 0.15) is 6.42 Å². The highest BCUT2D eigenvalue weighted by Gasteiger charge is 2.05. The second kappa shape index (κ2) is 7.92. The molecule has 0 aliphatic carbocycles. The molecule has 0 saturated heterocycles. The number of benzene rings is 2. The lowest BCUT2D eigenvalue weighted by Gasteiger charge is -2.09. The molecule has 2 aromatic rings. The van der Waals surface area contributed by atoms with Crippen molar-refractivity contribution in [2.24, 2.45) is 0 Å². The highest BCUT2D eigenvalue weighted by atomic mass is 35.5. The average Bonchev–Trinajstić information content (AvgIpc) is 2.47. The smallest absolute Gasteiger partial charge is 0.226 e. The second-order valence-electron chi connectivity index (χ2n) is 4.58. The molecule has 0 spiro atoms. The van der Waals surface area contributed by atoms with Gasteiger partial charge in [-0.2, -0.15) is 0 Å². The molecule has 0 fully saturated rings. The zero-order valence-corrected chi connectivity index (χ0v) is 13.5. The molecule has 2 N–H and O–H groups in total. The van der Waals surface area contributed by atoms with E-state index in [-0.39, 0.29) is 5.91 Å². The highest BCUT2D eigenvalue weighted by Crippen LogP contribution is 2.27. The van der Waals surface area contributed by atoms with Crippen molar-refractivity contribution < 1.29 is 9.53 Å². The van der Waals surface area contributed by atoms with Gasteiger partial charge in [0.2, 0.25) is 5.91 Å². The summed E-state index contributed by atoms with van der Waals surface area (Å²) in [6.45, 7) is 0.510. The number of anilines is 2. The molecule has 2 aromatic carbocycles. The Kier molecular flexibility index (Phi) is 5.92. The van der Waals surface area contributed by atoms with Crippen LogP contribution >= 0.6 is 23.2 Å².